The molecule has 0 amide bonds. The maximum absolute atomic E-state index is 9.45. The van der Waals surface area contributed by atoms with Crippen molar-refractivity contribution < 1.29 is 25.2 Å². The number of aliphatic hydroxyl groups excluding tert-OH is 4. The molecule has 1 fully saturated rings. The van der Waals surface area contributed by atoms with E-state index in [2.05, 4.69) is 30.2 Å². The zero-order chi connectivity index (χ0) is 13.6. The zero-order valence-corrected chi connectivity index (χ0v) is 10.9. The third-order valence-corrected chi connectivity index (χ3v) is 2.23. The fourth-order valence-corrected chi connectivity index (χ4v) is 1.41. The van der Waals surface area contributed by atoms with Gasteiger partial charge in [-0.2, -0.15) is 0 Å². The molecular weight excluding hydrogens is 268 g/mol. The Kier molecular flexibility index (Phi) is 8.16. The first-order valence-corrected chi connectivity index (χ1v) is 5.66. The summed E-state index contributed by atoms with van der Waals surface area (Å²) >= 11 is 7.65. The topological polar surface area (TPSA) is 128 Å². The number of rotatable bonds is 2. The van der Waals surface area contributed by atoms with Crippen LogP contribution < -0.4 is 11.1 Å². The van der Waals surface area contributed by atoms with Gasteiger partial charge in [-0.25, -0.2) is 0 Å². The fourth-order valence-electron chi connectivity index (χ4n) is 1.41. The second kappa shape index (κ2) is 8.16. The number of ether oxygens (including phenoxy) is 1. The third-order valence-electron chi connectivity index (χ3n) is 2.23. The summed E-state index contributed by atoms with van der Waals surface area (Å²) in [5, 5.41) is 39.4. The molecule has 7 N–H and O–H groups in total. The number of nitrogens with one attached hydrogen (secondary N) is 1. The molecule has 1 heterocycles. The van der Waals surface area contributed by atoms with E-state index in [-0.39, 0.29) is 4.32 Å². The summed E-state index contributed by atoms with van der Waals surface area (Å²) < 4.78 is 5.05. The maximum Gasteiger partial charge on any atom is 0.173 e. The van der Waals surface area contributed by atoms with E-state index in [4.69, 9.17) is 15.6 Å². The molecule has 1 rings (SSSR count). The Labute approximate surface area is 110 Å². The van der Waals surface area contributed by atoms with E-state index in [1.165, 1.54) is 7.05 Å². The number of aliphatic hydroxyl groups is 4. The van der Waals surface area contributed by atoms with Crippen molar-refractivity contribution in [1.29, 1.82) is 0 Å². The molecule has 0 saturated carbocycles. The van der Waals surface area contributed by atoms with Gasteiger partial charge < -0.3 is 36.2 Å². The Morgan fingerprint density at radius 1 is 1.41 bits per heavy atom. The van der Waals surface area contributed by atoms with Gasteiger partial charge in [0.25, 0.3) is 0 Å². The molecule has 5 atom stereocenters. The van der Waals surface area contributed by atoms with Gasteiger partial charge in [-0.3, -0.25) is 0 Å². The molecule has 1 aliphatic rings. The molecule has 0 aliphatic carbocycles. The highest BCUT2D eigenvalue weighted by Crippen LogP contribution is 2.18. The van der Waals surface area contributed by atoms with E-state index in [0.29, 0.717) is 0 Å². The van der Waals surface area contributed by atoms with Crippen LogP contribution in [0.1, 0.15) is 0 Å². The van der Waals surface area contributed by atoms with Crippen LogP contribution in [0.5, 0.6) is 0 Å². The van der Waals surface area contributed by atoms with Crippen molar-refractivity contribution in [2.75, 3.05) is 13.7 Å². The number of thiocarbonyl (C=S) groups is 1. The first kappa shape index (κ1) is 17.0. The van der Waals surface area contributed by atoms with Crippen molar-refractivity contribution in [3.8, 4) is 0 Å². The van der Waals surface area contributed by atoms with Gasteiger partial charge >= 0.3 is 0 Å². The standard InChI is InChI=1S/C7H15NO5.CH3NS2/c1-8-4-6(11)5(10)3(2-9)13-7(4)12;2-1(3)4/h3-12H,2H2,1H3;(H3,2,3,4)/t3-,4-,5-,6-,7?;/m1./s1. The molecule has 0 aromatic heterocycles. The summed E-state index contributed by atoms with van der Waals surface area (Å²) in [4.78, 5) is 0. The molecule has 7 nitrogen and oxygen atoms in total. The van der Waals surface area contributed by atoms with Gasteiger partial charge in [-0.1, -0.05) is 12.2 Å². The second-order valence-electron chi connectivity index (χ2n) is 3.38. The van der Waals surface area contributed by atoms with Crippen LogP contribution >= 0.6 is 24.8 Å². The lowest BCUT2D eigenvalue weighted by Gasteiger charge is -2.39. The number of nitrogens with two attached hydrogens (primary N) is 1. The fraction of sp³-hybridized carbons (Fsp3) is 0.875. The maximum atomic E-state index is 9.45. The molecule has 0 aromatic rings. The van der Waals surface area contributed by atoms with Crippen LogP contribution in [0.25, 0.3) is 0 Å². The van der Waals surface area contributed by atoms with E-state index in [0.717, 1.165) is 0 Å². The Bertz CT molecular complexity index is 242. The molecule has 0 spiro atoms. The van der Waals surface area contributed by atoms with Gasteiger partial charge in [0.05, 0.1) is 12.6 Å². The minimum atomic E-state index is -1.22. The average molecular weight is 286 g/mol. The van der Waals surface area contributed by atoms with Crippen molar-refractivity contribution >= 4 is 29.2 Å². The average Bonchev–Trinajstić information content (AvgIpc) is 2.23. The van der Waals surface area contributed by atoms with Gasteiger partial charge in [-0.15, -0.1) is 12.6 Å². The number of hydrogen-bond donors (Lipinski definition) is 7. The van der Waals surface area contributed by atoms with Crippen LogP contribution in [0.2, 0.25) is 0 Å². The van der Waals surface area contributed by atoms with Crippen molar-refractivity contribution in [3.63, 3.8) is 0 Å². The summed E-state index contributed by atoms with van der Waals surface area (Å²) in [6, 6.07) is -0.738. The predicted molar refractivity (Wildman–Crippen MR) is 68.6 cm³/mol. The van der Waals surface area contributed by atoms with Gasteiger partial charge in [-0.05, 0) is 7.05 Å². The summed E-state index contributed by atoms with van der Waals surface area (Å²) in [5.74, 6) is 0. The molecule has 102 valence electrons. The van der Waals surface area contributed by atoms with E-state index < -0.39 is 37.3 Å². The van der Waals surface area contributed by atoms with E-state index in [1.807, 2.05) is 0 Å². The largest absolute Gasteiger partial charge is 0.394 e. The lowest BCUT2D eigenvalue weighted by Crippen LogP contribution is -2.62. The highest BCUT2D eigenvalue weighted by molar-refractivity contribution is 8.10. The van der Waals surface area contributed by atoms with Gasteiger partial charge in [0, 0.05) is 0 Å². The van der Waals surface area contributed by atoms with Crippen LogP contribution in [0, 0.1) is 0 Å². The van der Waals surface area contributed by atoms with Crippen molar-refractivity contribution in [3.05, 3.63) is 0 Å². The third kappa shape index (κ3) is 5.44. The van der Waals surface area contributed by atoms with Gasteiger partial charge in [0.1, 0.15) is 22.6 Å². The van der Waals surface area contributed by atoms with Crippen molar-refractivity contribution in [1.82, 2.24) is 5.32 Å². The van der Waals surface area contributed by atoms with E-state index in [9.17, 15) is 15.3 Å². The van der Waals surface area contributed by atoms with Gasteiger partial charge in [0.2, 0.25) is 0 Å². The zero-order valence-electron chi connectivity index (χ0n) is 9.22. The van der Waals surface area contributed by atoms with Crippen LogP contribution in [0.4, 0.5) is 0 Å². The Morgan fingerprint density at radius 3 is 2.24 bits per heavy atom. The lowest BCUT2D eigenvalue weighted by molar-refractivity contribution is -0.253. The summed E-state index contributed by atoms with van der Waals surface area (Å²) in [7, 11) is 1.53. The molecule has 1 unspecified atom stereocenters. The van der Waals surface area contributed by atoms with Crippen LogP contribution in [0.15, 0.2) is 0 Å². The van der Waals surface area contributed by atoms with E-state index >= 15 is 0 Å². The normalized spacial score (nSPS) is 36.9. The highest BCUT2D eigenvalue weighted by atomic mass is 32.1. The summed E-state index contributed by atoms with van der Waals surface area (Å²) in [6.45, 7) is -0.439. The molecule has 1 saturated heterocycles. The van der Waals surface area contributed by atoms with Crippen molar-refractivity contribution in [2.24, 2.45) is 5.73 Å². The number of thiol groups is 1. The highest BCUT2D eigenvalue weighted by Gasteiger charge is 2.42. The van der Waals surface area contributed by atoms with Gasteiger partial charge in [0.15, 0.2) is 6.29 Å². The first-order chi connectivity index (χ1) is 7.84. The molecule has 0 radical (unpaired) electrons. The minimum absolute atomic E-state index is 0.194. The molecule has 0 bridgehead atoms. The molecular formula is C8H18N2O5S2. The quantitative estimate of drug-likeness (QED) is 0.214. The summed E-state index contributed by atoms with van der Waals surface area (Å²) in [6.07, 6.45) is -4.49. The molecule has 1 aliphatic heterocycles. The molecule has 9 heteroatoms. The SMILES string of the molecule is CN[C@H]1C(O)O[C@H](CO)[C@@H](O)[C@@H]1O.NC(=S)S. The van der Waals surface area contributed by atoms with Crippen LogP contribution in [0.3, 0.4) is 0 Å². The Hall–Kier alpha value is -0.000000000000000111. The van der Waals surface area contributed by atoms with Crippen LogP contribution in [-0.4, -0.2) is 69.0 Å². The Morgan fingerprint density at radius 2 is 1.88 bits per heavy atom. The molecule has 0 aromatic carbocycles. The monoisotopic (exact) mass is 286 g/mol. The minimum Gasteiger partial charge on any atom is -0.394 e. The molecule has 17 heavy (non-hydrogen) atoms. The number of likely N-dealkylation sites (N-methyl/N-ethyl adjacent to an activating group) is 1. The second-order valence-corrected chi connectivity index (χ2v) is 4.61. The lowest BCUT2D eigenvalue weighted by atomic mass is 9.97. The van der Waals surface area contributed by atoms with E-state index in [1.54, 1.807) is 0 Å². The first-order valence-electron chi connectivity index (χ1n) is 4.81. The van der Waals surface area contributed by atoms with Crippen molar-refractivity contribution in [2.45, 2.75) is 30.6 Å². The van der Waals surface area contributed by atoms with Crippen LogP contribution in [-0.2, 0) is 4.74 Å². The number of hydrogen-bond acceptors (Lipinski definition) is 7. The Balaban J connectivity index is 0.000000557. The predicted octanol–water partition coefficient (Wildman–Crippen LogP) is -2.83. The summed E-state index contributed by atoms with van der Waals surface area (Å²) in [5.41, 5.74) is 4.71. The smallest absolute Gasteiger partial charge is 0.173 e.